The summed E-state index contributed by atoms with van der Waals surface area (Å²) in [6.45, 7) is 3.66. The van der Waals surface area contributed by atoms with Crippen molar-refractivity contribution >= 4 is 46.3 Å². The number of likely N-dealkylation sites (N-methyl/N-ethyl adjacent to an activating group) is 2. The maximum Gasteiger partial charge on any atom is 0.276 e. The number of hydrogen-bond acceptors (Lipinski definition) is 9. The molecule has 194 valence electrons. The van der Waals surface area contributed by atoms with Gasteiger partial charge in [0.15, 0.2) is 17.2 Å². The molecule has 0 saturated carbocycles. The number of benzene rings is 2. The molecule has 2 aromatic carbocycles. The number of amides is 2. The molecule has 4 rings (SSSR count). The van der Waals surface area contributed by atoms with Crippen molar-refractivity contribution in [1.29, 1.82) is 0 Å². The minimum absolute atomic E-state index is 0.0555. The van der Waals surface area contributed by atoms with Crippen LogP contribution in [-0.2, 0) is 9.59 Å². The molecular formula is C26H31N7O4. The molecule has 0 aliphatic carbocycles. The Morgan fingerprint density at radius 3 is 2.62 bits per heavy atom. The number of carbonyl (C=O) groups is 2. The number of anilines is 6. The maximum atomic E-state index is 13.3. The molecule has 0 fully saturated rings. The lowest BCUT2D eigenvalue weighted by Crippen LogP contribution is -2.51. The van der Waals surface area contributed by atoms with Crippen LogP contribution in [0.5, 0.6) is 11.5 Å². The average molecular weight is 506 g/mol. The minimum Gasteiger partial charge on any atom is -0.494 e. The van der Waals surface area contributed by atoms with Crippen LogP contribution in [0.25, 0.3) is 0 Å². The lowest BCUT2D eigenvalue weighted by molar-refractivity contribution is -0.131. The molecule has 0 unspecified atom stereocenters. The van der Waals surface area contributed by atoms with Gasteiger partial charge >= 0.3 is 0 Å². The van der Waals surface area contributed by atoms with E-state index in [1.54, 1.807) is 68.3 Å². The smallest absolute Gasteiger partial charge is 0.276 e. The number of methoxy groups -OCH3 is 1. The number of nitrogen functional groups attached to an aromatic ring is 1. The fourth-order valence-corrected chi connectivity index (χ4v) is 3.87. The van der Waals surface area contributed by atoms with Crippen LogP contribution in [0.3, 0.4) is 0 Å². The van der Waals surface area contributed by atoms with Crippen molar-refractivity contribution in [1.82, 2.24) is 14.9 Å². The second kappa shape index (κ2) is 9.94. The Morgan fingerprint density at radius 1 is 1.19 bits per heavy atom. The number of ether oxygens (including phenoxy) is 2. The van der Waals surface area contributed by atoms with E-state index < -0.39 is 5.60 Å². The Labute approximate surface area is 215 Å². The highest BCUT2D eigenvalue weighted by molar-refractivity contribution is 6.07. The van der Waals surface area contributed by atoms with E-state index in [4.69, 9.17) is 15.2 Å². The van der Waals surface area contributed by atoms with Gasteiger partial charge in [-0.2, -0.15) is 4.98 Å². The summed E-state index contributed by atoms with van der Waals surface area (Å²) in [5.74, 6) is 1.02. The van der Waals surface area contributed by atoms with E-state index in [-0.39, 0.29) is 30.1 Å². The predicted octanol–water partition coefficient (Wildman–Crippen LogP) is 3.17. The standard InChI is InChI=1S/C26H31N7O4/c1-26(2)24(35)33(18-9-7-8-16(27)12-18)23-21(37-26)14-28-25(30-23)29-19-11-10-17(13-20(19)36-6)32(5)22(34)15-31(3)4/h7-14H,15,27H2,1-6H3,(H,28,29,30). The number of aromatic nitrogens is 2. The van der Waals surface area contributed by atoms with Crippen molar-refractivity contribution in [3.8, 4) is 11.5 Å². The molecule has 0 atom stereocenters. The van der Waals surface area contributed by atoms with E-state index in [0.29, 0.717) is 34.2 Å². The summed E-state index contributed by atoms with van der Waals surface area (Å²) in [4.78, 5) is 39.6. The molecule has 0 bridgehead atoms. The molecule has 37 heavy (non-hydrogen) atoms. The summed E-state index contributed by atoms with van der Waals surface area (Å²) < 4.78 is 11.5. The average Bonchev–Trinajstić information content (AvgIpc) is 2.84. The topological polar surface area (TPSA) is 126 Å². The van der Waals surface area contributed by atoms with Gasteiger partial charge in [-0.1, -0.05) is 6.07 Å². The molecule has 1 aliphatic heterocycles. The van der Waals surface area contributed by atoms with Crippen LogP contribution >= 0.6 is 0 Å². The van der Waals surface area contributed by atoms with E-state index in [0.717, 1.165) is 0 Å². The molecule has 0 spiro atoms. The van der Waals surface area contributed by atoms with Crippen LogP contribution in [0.15, 0.2) is 48.7 Å². The number of fused-ring (bicyclic) bond motifs is 1. The molecule has 1 aromatic heterocycles. The van der Waals surface area contributed by atoms with Crippen molar-refractivity contribution in [3.05, 3.63) is 48.7 Å². The summed E-state index contributed by atoms with van der Waals surface area (Å²) >= 11 is 0. The van der Waals surface area contributed by atoms with E-state index >= 15 is 0 Å². The fourth-order valence-electron chi connectivity index (χ4n) is 3.87. The van der Waals surface area contributed by atoms with Crippen LogP contribution in [0, 0.1) is 0 Å². The fraction of sp³-hybridized carbons (Fsp3) is 0.308. The zero-order valence-electron chi connectivity index (χ0n) is 21.8. The second-order valence-corrected chi connectivity index (χ2v) is 9.43. The van der Waals surface area contributed by atoms with Gasteiger partial charge < -0.3 is 30.3 Å². The SMILES string of the molecule is COc1cc(N(C)C(=O)CN(C)C)ccc1Nc1ncc2c(n1)N(c1cccc(N)c1)C(=O)C(C)(C)O2. The zero-order valence-corrected chi connectivity index (χ0v) is 21.8. The van der Waals surface area contributed by atoms with E-state index in [1.165, 1.54) is 18.2 Å². The predicted molar refractivity (Wildman–Crippen MR) is 143 cm³/mol. The lowest BCUT2D eigenvalue weighted by atomic mass is 10.0. The first-order chi connectivity index (χ1) is 17.5. The van der Waals surface area contributed by atoms with Gasteiger partial charge in [-0.3, -0.25) is 14.5 Å². The number of rotatable bonds is 7. The molecule has 2 amide bonds. The van der Waals surface area contributed by atoms with Crippen LogP contribution in [0.4, 0.5) is 34.5 Å². The maximum absolute atomic E-state index is 13.3. The van der Waals surface area contributed by atoms with Crippen molar-refractivity contribution in [2.24, 2.45) is 0 Å². The molecule has 1 aliphatic rings. The van der Waals surface area contributed by atoms with Crippen molar-refractivity contribution in [3.63, 3.8) is 0 Å². The van der Waals surface area contributed by atoms with Crippen molar-refractivity contribution in [2.45, 2.75) is 19.4 Å². The molecular weight excluding hydrogens is 474 g/mol. The van der Waals surface area contributed by atoms with E-state index in [2.05, 4.69) is 15.3 Å². The first-order valence-electron chi connectivity index (χ1n) is 11.6. The van der Waals surface area contributed by atoms with E-state index in [9.17, 15) is 9.59 Å². The Balaban J connectivity index is 1.67. The van der Waals surface area contributed by atoms with Gasteiger partial charge in [0.1, 0.15) is 5.75 Å². The van der Waals surface area contributed by atoms with Gasteiger partial charge in [-0.15, -0.1) is 0 Å². The molecule has 11 nitrogen and oxygen atoms in total. The van der Waals surface area contributed by atoms with Crippen LogP contribution in [0.1, 0.15) is 13.8 Å². The molecule has 3 aromatic rings. The molecule has 3 N–H and O–H groups in total. The molecule has 0 saturated heterocycles. The third kappa shape index (κ3) is 5.26. The zero-order chi connectivity index (χ0) is 26.9. The third-order valence-electron chi connectivity index (χ3n) is 5.80. The van der Waals surface area contributed by atoms with Crippen LogP contribution < -0.4 is 30.3 Å². The Kier molecular flexibility index (Phi) is 6.90. The second-order valence-electron chi connectivity index (χ2n) is 9.43. The Morgan fingerprint density at radius 2 is 1.95 bits per heavy atom. The first-order valence-corrected chi connectivity index (χ1v) is 11.6. The third-order valence-corrected chi connectivity index (χ3v) is 5.80. The number of nitrogens with two attached hydrogens (primary N) is 1. The van der Waals surface area contributed by atoms with Crippen LogP contribution in [0.2, 0.25) is 0 Å². The Hall–Kier alpha value is -4.38. The quantitative estimate of drug-likeness (QED) is 0.466. The highest BCUT2D eigenvalue weighted by Gasteiger charge is 2.43. The largest absolute Gasteiger partial charge is 0.494 e. The first kappa shape index (κ1) is 25.7. The van der Waals surface area contributed by atoms with E-state index in [1.807, 2.05) is 19.0 Å². The van der Waals surface area contributed by atoms with Gasteiger partial charge in [0.25, 0.3) is 5.91 Å². The van der Waals surface area contributed by atoms with Gasteiger partial charge in [0, 0.05) is 24.5 Å². The summed E-state index contributed by atoms with van der Waals surface area (Å²) in [6, 6.07) is 12.3. The molecule has 11 heteroatoms. The number of hydrogen-bond donors (Lipinski definition) is 2. The van der Waals surface area contributed by atoms with Gasteiger partial charge in [-0.05, 0) is 58.3 Å². The normalized spacial score (nSPS) is 14.1. The highest BCUT2D eigenvalue weighted by atomic mass is 16.5. The number of nitrogens with zero attached hydrogens (tertiary/aromatic N) is 5. The summed E-state index contributed by atoms with van der Waals surface area (Å²) in [5.41, 5.74) is 7.21. The summed E-state index contributed by atoms with van der Waals surface area (Å²) in [7, 11) is 6.93. The lowest BCUT2D eigenvalue weighted by Gasteiger charge is -2.37. The molecule has 0 radical (unpaired) electrons. The van der Waals surface area contributed by atoms with Gasteiger partial charge in [-0.25, -0.2) is 4.98 Å². The van der Waals surface area contributed by atoms with Gasteiger partial charge in [0.05, 0.1) is 31.2 Å². The Bertz CT molecular complexity index is 1340. The number of nitrogens with one attached hydrogen (secondary N) is 1. The summed E-state index contributed by atoms with van der Waals surface area (Å²) in [5, 5.41) is 3.14. The summed E-state index contributed by atoms with van der Waals surface area (Å²) in [6.07, 6.45) is 1.52. The highest BCUT2D eigenvalue weighted by Crippen LogP contribution is 2.41. The van der Waals surface area contributed by atoms with Crippen molar-refractivity contribution < 1.29 is 19.1 Å². The monoisotopic (exact) mass is 505 g/mol. The van der Waals surface area contributed by atoms with Crippen LogP contribution in [-0.4, -0.2) is 67.1 Å². The minimum atomic E-state index is -1.12. The molecule has 2 heterocycles. The van der Waals surface area contributed by atoms with Gasteiger partial charge in [0.2, 0.25) is 11.9 Å². The van der Waals surface area contributed by atoms with Crippen molar-refractivity contribution in [2.75, 3.05) is 55.6 Å². The number of carbonyl (C=O) groups excluding carboxylic acids is 2.